The van der Waals surface area contributed by atoms with Crippen LogP contribution in [0.25, 0.3) is 0 Å². The summed E-state index contributed by atoms with van der Waals surface area (Å²) in [5.74, 6) is 3.19. The summed E-state index contributed by atoms with van der Waals surface area (Å²) in [5.41, 5.74) is 2.25. The van der Waals surface area contributed by atoms with Gasteiger partial charge >= 0.3 is 0 Å². The first-order valence-electron chi connectivity index (χ1n) is 8.53. The smallest absolute Gasteiger partial charge is 0.122 e. The molecule has 0 atom stereocenters. The Morgan fingerprint density at radius 1 is 0.536 bits per heavy atom. The van der Waals surface area contributed by atoms with E-state index in [-0.39, 0.29) is 24.8 Å². The summed E-state index contributed by atoms with van der Waals surface area (Å²) in [6.45, 7) is 3.20. The molecule has 0 amide bonds. The van der Waals surface area contributed by atoms with Crippen LogP contribution in [0.5, 0.6) is 23.0 Å². The maximum atomic E-state index is 5.29. The molecule has 2 aromatic carbocycles. The molecule has 2 aromatic rings. The molecular formula is C20H30Cl2N2O4. The summed E-state index contributed by atoms with van der Waals surface area (Å²) in [5, 5.41) is 6.83. The van der Waals surface area contributed by atoms with E-state index >= 15 is 0 Å². The highest BCUT2D eigenvalue weighted by Gasteiger charge is 2.03. The van der Waals surface area contributed by atoms with Crippen molar-refractivity contribution in [2.45, 2.75) is 13.1 Å². The average molecular weight is 433 g/mol. The maximum Gasteiger partial charge on any atom is 0.122 e. The summed E-state index contributed by atoms with van der Waals surface area (Å²) < 4.78 is 21.2. The van der Waals surface area contributed by atoms with Gasteiger partial charge in [-0.3, -0.25) is 0 Å². The van der Waals surface area contributed by atoms with E-state index in [2.05, 4.69) is 10.6 Å². The minimum Gasteiger partial charge on any atom is -0.497 e. The molecule has 0 spiro atoms. The Hall–Kier alpha value is -1.86. The first-order chi connectivity index (χ1) is 12.7. The van der Waals surface area contributed by atoms with Gasteiger partial charge in [0.2, 0.25) is 0 Å². The van der Waals surface area contributed by atoms with Gasteiger partial charge in [-0.15, -0.1) is 24.8 Å². The minimum absolute atomic E-state index is 0. The van der Waals surface area contributed by atoms with Crippen molar-refractivity contribution < 1.29 is 18.9 Å². The van der Waals surface area contributed by atoms with Crippen LogP contribution in [0.3, 0.4) is 0 Å². The highest BCUT2D eigenvalue weighted by Crippen LogP contribution is 2.23. The van der Waals surface area contributed by atoms with Crippen LogP contribution in [-0.2, 0) is 13.1 Å². The average Bonchev–Trinajstić information content (AvgIpc) is 2.69. The number of nitrogens with one attached hydrogen (secondary N) is 2. The first kappa shape index (κ1) is 26.1. The van der Waals surface area contributed by atoms with E-state index in [1.807, 2.05) is 36.4 Å². The number of benzene rings is 2. The Kier molecular flexibility index (Phi) is 13.2. The normalized spacial score (nSPS) is 9.71. The zero-order valence-electron chi connectivity index (χ0n) is 16.7. The Bertz CT molecular complexity index is 598. The lowest BCUT2D eigenvalue weighted by molar-refractivity contribution is 0.392. The van der Waals surface area contributed by atoms with Crippen LogP contribution in [-0.4, -0.2) is 41.5 Å². The molecule has 6 nitrogen and oxygen atoms in total. The van der Waals surface area contributed by atoms with Gasteiger partial charge in [-0.05, 0) is 35.4 Å². The molecule has 0 fully saturated rings. The van der Waals surface area contributed by atoms with Crippen LogP contribution in [0.4, 0.5) is 0 Å². The third-order valence-corrected chi connectivity index (χ3v) is 3.96. The monoisotopic (exact) mass is 432 g/mol. The van der Waals surface area contributed by atoms with E-state index in [0.29, 0.717) is 0 Å². The van der Waals surface area contributed by atoms with Crippen LogP contribution < -0.4 is 29.6 Å². The summed E-state index contributed by atoms with van der Waals surface area (Å²) in [7, 11) is 6.62. The van der Waals surface area contributed by atoms with Crippen LogP contribution >= 0.6 is 24.8 Å². The zero-order valence-corrected chi connectivity index (χ0v) is 18.4. The van der Waals surface area contributed by atoms with Crippen molar-refractivity contribution in [1.82, 2.24) is 10.6 Å². The van der Waals surface area contributed by atoms with Crippen molar-refractivity contribution in [3.05, 3.63) is 47.5 Å². The minimum atomic E-state index is 0. The van der Waals surface area contributed by atoms with E-state index in [1.165, 1.54) is 0 Å². The van der Waals surface area contributed by atoms with Crippen LogP contribution in [0.2, 0.25) is 0 Å². The lowest BCUT2D eigenvalue weighted by atomic mass is 10.2. The highest BCUT2D eigenvalue weighted by atomic mass is 35.5. The highest BCUT2D eigenvalue weighted by molar-refractivity contribution is 5.85. The number of hydrogen-bond acceptors (Lipinski definition) is 6. The SMILES string of the molecule is COc1cc(CNCCNCc2cc(OC)cc(OC)c2)cc(OC)c1.Cl.Cl. The van der Waals surface area contributed by atoms with Gasteiger partial charge in [-0.1, -0.05) is 0 Å². The van der Waals surface area contributed by atoms with Crippen LogP contribution in [0, 0.1) is 0 Å². The predicted molar refractivity (Wildman–Crippen MR) is 117 cm³/mol. The lowest BCUT2D eigenvalue weighted by Crippen LogP contribution is -2.26. The summed E-state index contributed by atoms with van der Waals surface area (Å²) in [6.07, 6.45) is 0. The fourth-order valence-electron chi connectivity index (χ4n) is 2.58. The number of hydrogen-bond donors (Lipinski definition) is 2. The molecule has 8 heteroatoms. The van der Waals surface area contributed by atoms with Crippen molar-refractivity contribution in [3.8, 4) is 23.0 Å². The molecule has 0 saturated carbocycles. The van der Waals surface area contributed by atoms with E-state index < -0.39 is 0 Å². The third kappa shape index (κ3) is 8.44. The number of ether oxygens (including phenoxy) is 4. The zero-order chi connectivity index (χ0) is 18.8. The molecule has 0 aliphatic heterocycles. The molecule has 0 unspecified atom stereocenters. The summed E-state index contributed by atoms with van der Waals surface area (Å²) in [4.78, 5) is 0. The second-order valence-corrected chi connectivity index (χ2v) is 5.80. The van der Waals surface area contributed by atoms with Gasteiger partial charge < -0.3 is 29.6 Å². The molecule has 0 saturated heterocycles. The number of methoxy groups -OCH3 is 4. The molecule has 158 valence electrons. The first-order valence-corrected chi connectivity index (χ1v) is 8.53. The molecule has 2 N–H and O–H groups in total. The van der Waals surface area contributed by atoms with Crippen molar-refractivity contribution in [2.24, 2.45) is 0 Å². The van der Waals surface area contributed by atoms with Crippen molar-refractivity contribution in [3.63, 3.8) is 0 Å². The molecule has 0 bridgehead atoms. The second kappa shape index (κ2) is 14.2. The van der Waals surface area contributed by atoms with Crippen molar-refractivity contribution in [1.29, 1.82) is 0 Å². The fraction of sp³-hybridized carbons (Fsp3) is 0.400. The second-order valence-electron chi connectivity index (χ2n) is 5.80. The van der Waals surface area contributed by atoms with E-state index in [4.69, 9.17) is 18.9 Å². The van der Waals surface area contributed by atoms with Gasteiger partial charge in [-0.2, -0.15) is 0 Å². The lowest BCUT2D eigenvalue weighted by Gasteiger charge is -2.11. The molecule has 0 aromatic heterocycles. The van der Waals surface area contributed by atoms with Gasteiger partial charge in [0, 0.05) is 38.3 Å². The molecule has 0 aliphatic carbocycles. The van der Waals surface area contributed by atoms with Crippen LogP contribution in [0.15, 0.2) is 36.4 Å². The predicted octanol–water partition coefficient (Wildman–Crippen LogP) is 3.44. The Balaban J connectivity index is 0.00000364. The van der Waals surface area contributed by atoms with E-state index in [9.17, 15) is 0 Å². The quantitative estimate of drug-likeness (QED) is 0.530. The topological polar surface area (TPSA) is 61.0 Å². The van der Waals surface area contributed by atoms with Gasteiger partial charge in [0.05, 0.1) is 28.4 Å². The van der Waals surface area contributed by atoms with E-state index in [1.54, 1.807) is 28.4 Å². The standard InChI is InChI=1S/C20H28N2O4.2ClH/c1-23-17-7-15(8-18(11-17)24-2)13-21-5-6-22-14-16-9-19(25-3)12-20(10-16)26-4;;/h7-12,21-22H,5-6,13-14H2,1-4H3;2*1H. The van der Waals surface area contributed by atoms with Gasteiger partial charge in [-0.25, -0.2) is 0 Å². The van der Waals surface area contributed by atoms with E-state index in [0.717, 1.165) is 60.3 Å². The Morgan fingerprint density at radius 3 is 1.07 bits per heavy atom. The van der Waals surface area contributed by atoms with Crippen molar-refractivity contribution >= 4 is 24.8 Å². The number of rotatable bonds is 11. The van der Waals surface area contributed by atoms with Gasteiger partial charge in [0.15, 0.2) is 0 Å². The Labute approximate surface area is 179 Å². The molecule has 0 aliphatic rings. The molecule has 0 radical (unpaired) electrons. The molecular weight excluding hydrogens is 403 g/mol. The molecule has 0 heterocycles. The fourth-order valence-corrected chi connectivity index (χ4v) is 2.58. The number of halogens is 2. The van der Waals surface area contributed by atoms with Gasteiger partial charge in [0.1, 0.15) is 23.0 Å². The summed E-state index contributed by atoms with van der Waals surface area (Å²) >= 11 is 0. The third-order valence-electron chi connectivity index (χ3n) is 3.96. The molecule has 2 rings (SSSR count). The summed E-state index contributed by atoms with van der Waals surface area (Å²) in [6, 6.07) is 11.8. The molecule has 28 heavy (non-hydrogen) atoms. The maximum absolute atomic E-state index is 5.29. The van der Waals surface area contributed by atoms with Crippen LogP contribution in [0.1, 0.15) is 11.1 Å². The largest absolute Gasteiger partial charge is 0.497 e. The van der Waals surface area contributed by atoms with Crippen molar-refractivity contribution in [2.75, 3.05) is 41.5 Å². The Morgan fingerprint density at radius 2 is 0.821 bits per heavy atom. The van der Waals surface area contributed by atoms with Gasteiger partial charge in [0.25, 0.3) is 0 Å².